The third-order valence-corrected chi connectivity index (χ3v) is 3.82. The van der Waals surface area contributed by atoms with Crippen molar-refractivity contribution in [1.82, 2.24) is 5.32 Å². The first-order chi connectivity index (χ1) is 13.3. The molecule has 0 aliphatic rings. The van der Waals surface area contributed by atoms with Gasteiger partial charge in [-0.15, -0.1) is 0 Å². The Morgan fingerprint density at radius 3 is 2.54 bits per heavy atom. The van der Waals surface area contributed by atoms with Gasteiger partial charge in [-0.05, 0) is 25.1 Å². The number of ketones is 1. The lowest BCUT2D eigenvalue weighted by Gasteiger charge is -2.07. The zero-order chi connectivity index (χ0) is 20.7. The van der Waals surface area contributed by atoms with Gasteiger partial charge in [0, 0.05) is 22.8 Å². The van der Waals surface area contributed by atoms with Gasteiger partial charge in [-0.25, -0.2) is 0 Å². The lowest BCUT2D eigenvalue weighted by molar-refractivity contribution is -0.385. The lowest BCUT2D eigenvalue weighted by atomic mass is 10.1. The number of nitro benzene ring substituents is 1. The molecule has 2 rings (SSSR count). The van der Waals surface area contributed by atoms with Crippen molar-refractivity contribution in [3.63, 3.8) is 0 Å². The van der Waals surface area contributed by atoms with E-state index in [1.165, 1.54) is 25.3 Å². The van der Waals surface area contributed by atoms with Gasteiger partial charge in [-0.2, -0.15) is 0 Å². The number of methoxy groups -OCH3 is 1. The summed E-state index contributed by atoms with van der Waals surface area (Å²) in [5.41, 5.74) is 0.585. The summed E-state index contributed by atoms with van der Waals surface area (Å²) in [5.74, 6) is -1.41. The fourth-order valence-electron chi connectivity index (χ4n) is 2.28. The van der Waals surface area contributed by atoms with E-state index in [0.717, 1.165) is 6.07 Å². The Labute approximate surface area is 160 Å². The number of nitrogens with zero attached hydrogens (tertiary/aromatic N) is 1. The van der Waals surface area contributed by atoms with Gasteiger partial charge in [-0.3, -0.25) is 24.5 Å². The molecule has 2 aromatic carbocycles. The molecule has 9 nitrogen and oxygen atoms in total. The summed E-state index contributed by atoms with van der Waals surface area (Å²) in [4.78, 5) is 46.2. The van der Waals surface area contributed by atoms with Crippen molar-refractivity contribution in [2.75, 3.05) is 20.3 Å². The standard InChI is InChI=1S/C19H18N2O7/c1-12-6-7-13(9-16(12)21(25)26)17(22)11-28-18(23)10-20-19(24)14-4-3-5-15(8-14)27-2/h3-9H,10-11H2,1-2H3,(H,20,24). The fraction of sp³-hybridized carbons (Fsp3) is 0.211. The van der Waals surface area contributed by atoms with Crippen LogP contribution in [0.2, 0.25) is 0 Å². The number of carbonyl (C=O) groups is 3. The molecule has 0 heterocycles. The number of carbonyl (C=O) groups excluding carboxylic acids is 3. The number of esters is 1. The van der Waals surface area contributed by atoms with Crippen molar-refractivity contribution >= 4 is 23.3 Å². The van der Waals surface area contributed by atoms with Gasteiger partial charge in [0.2, 0.25) is 5.78 Å². The van der Waals surface area contributed by atoms with Gasteiger partial charge in [-0.1, -0.05) is 18.2 Å². The number of ether oxygens (including phenoxy) is 2. The van der Waals surface area contributed by atoms with Crippen molar-refractivity contribution in [3.05, 3.63) is 69.3 Å². The highest BCUT2D eigenvalue weighted by atomic mass is 16.6. The van der Waals surface area contributed by atoms with E-state index >= 15 is 0 Å². The highest BCUT2D eigenvalue weighted by molar-refractivity contribution is 5.99. The Morgan fingerprint density at radius 2 is 1.86 bits per heavy atom. The van der Waals surface area contributed by atoms with Crippen molar-refractivity contribution in [3.8, 4) is 5.75 Å². The Bertz CT molecular complexity index is 924. The highest BCUT2D eigenvalue weighted by Gasteiger charge is 2.17. The summed E-state index contributed by atoms with van der Waals surface area (Å²) in [7, 11) is 1.47. The summed E-state index contributed by atoms with van der Waals surface area (Å²) in [5, 5.41) is 13.3. The molecule has 9 heteroatoms. The maximum absolute atomic E-state index is 12.1. The molecule has 1 amide bonds. The molecular formula is C19H18N2O7. The summed E-state index contributed by atoms with van der Waals surface area (Å²) < 4.78 is 9.84. The average molecular weight is 386 g/mol. The molecule has 0 aliphatic heterocycles. The van der Waals surface area contributed by atoms with E-state index < -0.39 is 35.7 Å². The maximum atomic E-state index is 12.1. The van der Waals surface area contributed by atoms with Gasteiger partial charge in [0.1, 0.15) is 12.3 Å². The SMILES string of the molecule is COc1cccc(C(=O)NCC(=O)OCC(=O)c2ccc(C)c([N+](=O)[O-])c2)c1. The van der Waals surface area contributed by atoms with Crippen LogP contribution in [0.4, 0.5) is 5.69 Å². The monoisotopic (exact) mass is 386 g/mol. The van der Waals surface area contributed by atoms with E-state index in [4.69, 9.17) is 9.47 Å². The Kier molecular flexibility index (Phi) is 6.80. The molecule has 0 saturated carbocycles. The van der Waals surface area contributed by atoms with Gasteiger partial charge in [0.15, 0.2) is 6.61 Å². The van der Waals surface area contributed by atoms with Crippen LogP contribution in [0.25, 0.3) is 0 Å². The van der Waals surface area contributed by atoms with Crippen LogP contribution in [-0.2, 0) is 9.53 Å². The number of nitrogens with one attached hydrogen (secondary N) is 1. The fourth-order valence-corrected chi connectivity index (χ4v) is 2.28. The van der Waals surface area contributed by atoms with Crippen LogP contribution >= 0.6 is 0 Å². The van der Waals surface area contributed by atoms with Crippen LogP contribution in [-0.4, -0.2) is 42.8 Å². The number of nitro groups is 1. The van der Waals surface area contributed by atoms with Gasteiger partial charge in [0.25, 0.3) is 11.6 Å². The van der Waals surface area contributed by atoms with Crippen LogP contribution in [0.15, 0.2) is 42.5 Å². The molecule has 146 valence electrons. The number of amides is 1. The van der Waals surface area contributed by atoms with Crippen molar-refractivity contribution < 1.29 is 28.8 Å². The number of hydrogen-bond donors (Lipinski definition) is 1. The van der Waals surface area contributed by atoms with E-state index in [1.807, 2.05) is 0 Å². The molecular weight excluding hydrogens is 368 g/mol. The molecule has 0 atom stereocenters. The molecule has 0 spiro atoms. The van der Waals surface area contributed by atoms with Crippen molar-refractivity contribution in [2.24, 2.45) is 0 Å². The first-order valence-corrected chi connectivity index (χ1v) is 8.18. The minimum atomic E-state index is -0.814. The number of rotatable bonds is 8. The van der Waals surface area contributed by atoms with E-state index in [-0.39, 0.29) is 11.3 Å². The van der Waals surface area contributed by atoms with E-state index in [1.54, 1.807) is 25.1 Å². The van der Waals surface area contributed by atoms with E-state index in [9.17, 15) is 24.5 Å². The topological polar surface area (TPSA) is 125 Å². The third-order valence-electron chi connectivity index (χ3n) is 3.82. The van der Waals surface area contributed by atoms with Gasteiger partial charge in [0.05, 0.1) is 12.0 Å². The second kappa shape index (κ2) is 9.26. The Balaban J connectivity index is 1.86. The largest absolute Gasteiger partial charge is 0.497 e. The van der Waals surface area contributed by atoms with Crippen LogP contribution in [0.5, 0.6) is 5.75 Å². The van der Waals surface area contributed by atoms with Crippen LogP contribution in [0.3, 0.4) is 0 Å². The van der Waals surface area contributed by atoms with Crippen molar-refractivity contribution in [1.29, 1.82) is 0 Å². The Morgan fingerprint density at radius 1 is 1.11 bits per heavy atom. The van der Waals surface area contributed by atoms with Crippen LogP contribution in [0, 0.1) is 17.0 Å². The van der Waals surface area contributed by atoms with E-state index in [0.29, 0.717) is 16.9 Å². The minimum Gasteiger partial charge on any atom is -0.497 e. The number of benzene rings is 2. The van der Waals surface area contributed by atoms with Crippen LogP contribution in [0.1, 0.15) is 26.3 Å². The second-order valence-electron chi connectivity index (χ2n) is 5.76. The lowest BCUT2D eigenvalue weighted by Crippen LogP contribution is -2.31. The predicted molar refractivity (Wildman–Crippen MR) is 98.5 cm³/mol. The molecule has 0 fully saturated rings. The molecule has 0 radical (unpaired) electrons. The van der Waals surface area contributed by atoms with E-state index in [2.05, 4.69) is 5.32 Å². The quantitative estimate of drug-likeness (QED) is 0.319. The molecule has 28 heavy (non-hydrogen) atoms. The number of hydrogen-bond acceptors (Lipinski definition) is 7. The summed E-state index contributed by atoms with van der Waals surface area (Å²) in [6, 6.07) is 10.4. The molecule has 0 aromatic heterocycles. The molecule has 0 aliphatic carbocycles. The molecule has 2 aromatic rings. The zero-order valence-electron chi connectivity index (χ0n) is 15.3. The smallest absolute Gasteiger partial charge is 0.325 e. The number of Topliss-reactive ketones (excluding diaryl/α,β-unsaturated/α-hetero) is 1. The highest BCUT2D eigenvalue weighted by Crippen LogP contribution is 2.19. The molecule has 0 saturated heterocycles. The number of aryl methyl sites for hydroxylation is 1. The van der Waals surface area contributed by atoms with Crippen LogP contribution < -0.4 is 10.1 Å². The molecule has 0 unspecified atom stereocenters. The van der Waals surface area contributed by atoms with Crippen molar-refractivity contribution in [2.45, 2.75) is 6.92 Å². The predicted octanol–water partition coefficient (Wildman–Crippen LogP) is 2.07. The summed E-state index contributed by atoms with van der Waals surface area (Å²) in [6.07, 6.45) is 0. The molecule has 0 bridgehead atoms. The molecule has 1 N–H and O–H groups in total. The average Bonchev–Trinajstić information content (AvgIpc) is 2.70. The van der Waals surface area contributed by atoms with Gasteiger partial charge < -0.3 is 14.8 Å². The first-order valence-electron chi connectivity index (χ1n) is 8.18. The summed E-state index contributed by atoms with van der Waals surface area (Å²) in [6.45, 7) is 0.531. The normalized spacial score (nSPS) is 10.1. The summed E-state index contributed by atoms with van der Waals surface area (Å²) >= 11 is 0. The third kappa shape index (κ3) is 5.37. The minimum absolute atomic E-state index is 0.0607. The Hall–Kier alpha value is -3.75. The zero-order valence-corrected chi connectivity index (χ0v) is 15.3. The first kappa shape index (κ1) is 20.6. The van der Waals surface area contributed by atoms with Gasteiger partial charge >= 0.3 is 5.97 Å². The maximum Gasteiger partial charge on any atom is 0.325 e. The second-order valence-corrected chi connectivity index (χ2v) is 5.76.